The van der Waals surface area contributed by atoms with Gasteiger partial charge in [0.25, 0.3) is 0 Å². The number of anilines is 3. The normalized spacial score (nSPS) is 15.0. The van der Waals surface area contributed by atoms with Crippen LogP contribution >= 0.6 is 0 Å². The van der Waals surface area contributed by atoms with Crippen molar-refractivity contribution in [3.8, 4) is 16.8 Å². The fourth-order valence-electron chi connectivity index (χ4n) is 10.0. The number of rotatable bonds is 8. The van der Waals surface area contributed by atoms with Gasteiger partial charge in [0.2, 0.25) is 0 Å². The topological polar surface area (TPSA) is 57.7 Å². The second-order valence-corrected chi connectivity index (χ2v) is 17.2. The van der Waals surface area contributed by atoms with Crippen LogP contribution in [0.25, 0.3) is 71.3 Å². The van der Waals surface area contributed by atoms with Crippen LogP contribution in [0.1, 0.15) is 29.0 Å². The Hall–Kier alpha value is -8.71. The monoisotopic (exact) mass is 861 g/mol. The Morgan fingerprint density at radius 1 is 0.478 bits per heavy atom. The summed E-state index contributed by atoms with van der Waals surface area (Å²) in [6.07, 6.45) is -0.586. The van der Waals surface area contributed by atoms with Crippen LogP contribution in [-0.2, 0) is 0 Å². The van der Waals surface area contributed by atoms with Gasteiger partial charge in [0.05, 0.1) is 27.7 Å². The number of para-hydroxylation sites is 3. The molecule has 0 amide bonds. The Morgan fingerprint density at radius 2 is 1.09 bits per heavy atom. The van der Waals surface area contributed by atoms with Gasteiger partial charge in [-0.05, 0) is 99.8 Å². The van der Waals surface area contributed by atoms with Crippen molar-refractivity contribution in [2.24, 2.45) is 4.99 Å². The number of hydrogen-bond acceptors (Lipinski definition) is 5. The minimum Gasteiger partial charge on any atom is -0.455 e. The molecule has 10 aromatic carbocycles. The molecule has 0 spiro atoms. The molecular weight excluding hydrogens is 819 g/mol. The van der Waals surface area contributed by atoms with Gasteiger partial charge in [-0.1, -0.05) is 170 Å². The lowest BCUT2D eigenvalue weighted by Gasteiger charge is -2.32. The maximum Gasteiger partial charge on any atom is 0.148 e. The van der Waals surface area contributed by atoms with Crippen molar-refractivity contribution in [3.05, 3.63) is 253 Å². The zero-order valence-corrected chi connectivity index (χ0v) is 36.4. The standard InChI is InChI=1S/C61H43N5O/c1-3-15-40(16-4-1)42-27-32-46(33-28-42)65(48-36-29-41-17-7-8-20-45(41)39-48)55-38-37-52(58-57(55)51-23-11-14-26-56(51)67-58)61-63-59(43-18-5-2-6-19-43)62-60(64-61)44-30-34-47(35-31-44)66-53-24-12-9-21-49(53)50-22-10-13-25-54(50)66/h1-39,59-60,62H,(H,63,64). The van der Waals surface area contributed by atoms with Crippen LogP contribution in [0.2, 0.25) is 0 Å². The fraction of sp³-hybridized carbons (Fsp3) is 0.0328. The number of amidine groups is 1. The maximum atomic E-state index is 6.99. The first-order chi connectivity index (χ1) is 33.2. The number of fused-ring (bicyclic) bond motifs is 7. The van der Waals surface area contributed by atoms with Gasteiger partial charge < -0.3 is 19.2 Å². The summed E-state index contributed by atoms with van der Waals surface area (Å²) in [6, 6.07) is 84.0. The number of nitrogens with zero attached hydrogens (tertiary/aromatic N) is 3. The number of benzene rings is 10. The van der Waals surface area contributed by atoms with Crippen LogP contribution < -0.4 is 15.5 Å². The molecular formula is C61H43N5O. The summed E-state index contributed by atoms with van der Waals surface area (Å²) < 4.78 is 9.34. The van der Waals surface area contributed by atoms with Crippen molar-refractivity contribution in [1.29, 1.82) is 0 Å². The van der Waals surface area contributed by atoms with Crippen LogP contribution in [0.3, 0.4) is 0 Å². The predicted molar refractivity (Wildman–Crippen MR) is 277 cm³/mol. The van der Waals surface area contributed by atoms with E-state index < -0.39 is 0 Å². The Bertz CT molecular complexity index is 3760. The summed E-state index contributed by atoms with van der Waals surface area (Å²) in [5, 5.41) is 14.5. The molecule has 6 heteroatoms. The molecule has 6 nitrogen and oxygen atoms in total. The van der Waals surface area contributed by atoms with Crippen LogP contribution in [0.15, 0.2) is 246 Å². The van der Waals surface area contributed by atoms with Gasteiger partial charge in [0.1, 0.15) is 29.3 Å². The SMILES string of the molecule is c1ccc(-c2ccc(N(c3ccc4ccccc4c3)c3ccc(C4=NC(c5ccc(-n6c7ccccc7c7ccccc76)cc5)NC(c5ccccc5)N4)c4oc5ccccc5c34)cc2)cc1. The minimum absolute atomic E-state index is 0.230. The van der Waals surface area contributed by atoms with Gasteiger partial charge >= 0.3 is 0 Å². The Labute approximate surface area is 387 Å². The number of hydrogen-bond donors (Lipinski definition) is 2. The molecule has 0 bridgehead atoms. The van der Waals surface area contributed by atoms with Gasteiger partial charge in [-0.3, -0.25) is 5.32 Å². The van der Waals surface area contributed by atoms with Crippen molar-refractivity contribution in [2.45, 2.75) is 12.3 Å². The molecule has 2 aromatic heterocycles. The second kappa shape index (κ2) is 16.1. The molecule has 1 aliphatic rings. The molecule has 2 unspecified atom stereocenters. The first-order valence-electron chi connectivity index (χ1n) is 22.8. The lowest BCUT2D eigenvalue weighted by atomic mass is 10.0. The fourth-order valence-corrected chi connectivity index (χ4v) is 10.0. The van der Waals surface area contributed by atoms with E-state index in [1.54, 1.807) is 0 Å². The van der Waals surface area contributed by atoms with E-state index in [1.165, 1.54) is 38.1 Å². The quantitative estimate of drug-likeness (QED) is 0.160. The number of furan rings is 1. The zero-order chi connectivity index (χ0) is 44.3. The average Bonchev–Trinajstić information content (AvgIpc) is 3.96. The molecule has 0 saturated heterocycles. The van der Waals surface area contributed by atoms with Gasteiger partial charge in [-0.25, -0.2) is 4.99 Å². The van der Waals surface area contributed by atoms with Crippen LogP contribution in [0.5, 0.6) is 0 Å². The van der Waals surface area contributed by atoms with Crippen molar-refractivity contribution >= 4 is 77.4 Å². The van der Waals surface area contributed by atoms with Crippen molar-refractivity contribution < 1.29 is 4.42 Å². The molecule has 0 fully saturated rings. The first-order valence-corrected chi connectivity index (χ1v) is 22.8. The van der Waals surface area contributed by atoms with E-state index in [1.807, 2.05) is 6.07 Å². The van der Waals surface area contributed by atoms with Crippen LogP contribution in [0, 0.1) is 0 Å². The molecule has 67 heavy (non-hydrogen) atoms. The van der Waals surface area contributed by atoms with Crippen LogP contribution in [0.4, 0.5) is 17.1 Å². The van der Waals surface area contributed by atoms with E-state index in [2.05, 4.69) is 251 Å². The highest BCUT2D eigenvalue weighted by Gasteiger charge is 2.29. The summed E-state index contributed by atoms with van der Waals surface area (Å²) in [5.41, 5.74) is 13.6. The molecule has 12 aromatic rings. The second-order valence-electron chi connectivity index (χ2n) is 17.2. The van der Waals surface area contributed by atoms with Crippen molar-refractivity contribution in [1.82, 2.24) is 15.2 Å². The molecule has 2 atom stereocenters. The number of nitrogens with one attached hydrogen (secondary N) is 2. The third-order valence-corrected chi connectivity index (χ3v) is 13.3. The molecule has 0 saturated carbocycles. The molecule has 13 rings (SSSR count). The van der Waals surface area contributed by atoms with Gasteiger partial charge in [-0.2, -0.15) is 0 Å². The lowest BCUT2D eigenvalue weighted by molar-refractivity contribution is 0.409. The Morgan fingerprint density at radius 3 is 1.84 bits per heavy atom. The largest absolute Gasteiger partial charge is 0.455 e. The van der Waals surface area contributed by atoms with Crippen molar-refractivity contribution in [3.63, 3.8) is 0 Å². The van der Waals surface area contributed by atoms with Crippen LogP contribution in [-0.4, -0.2) is 10.4 Å². The third kappa shape index (κ3) is 6.73. The van der Waals surface area contributed by atoms with Gasteiger partial charge in [-0.15, -0.1) is 0 Å². The van der Waals surface area contributed by atoms with Gasteiger partial charge in [0, 0.05) is 33.2 Å². The number of aliphatic imine (C=N–C) groups is 1. The molecule has 0 aliphatic carbocycles. The van der Waals surface area contributed by atoms with E-state index in [4.69, 9.17) is 9.41 Å². The van der Waals surface area contributed by atoms with E-state index in [0.29, 0.717) is 0 Å². The van der Waals surface area contributed by atoms with Gasteiger partial charge in [0.15, 0.2) is 0 Å². The molecule has 0 radical (unpaired) electrons. The molecule has 318 valence electrons. The predicted octanol–water partition coefficient (Wildman–Crippen LogP) is 15.3. The molecule has 1 aliphatic heterocycles. The smallest absolute Gasteiger partial charge is 0.148 e. The summed E-state index contributed by atoms with van der Waals surface area (Å²) in [5.74, 6) is 0.754. The maximum absolute atomic E-state index is 6.99. The van der Waals surface area contributed by atoms with Crippen molar-refractivity contribution in [2.75, 3.05) is 4.90 Å². The zero-order valence-electron chi connectivity index (χ0n) is 36.4. The lowest BCUT2D eigenvalue weighted by Crippen LogP contribution is -2.45. The summed E-state index contributed by atoms with van der Waals surface area (Å²) in [7, 11) is 0. The summed E-state index contributed by atoms with van der Waals surface area (Å²) in [6.45, 7) is 0. The molecule has 2 N–H and O–H groups in total. The Balaban J connectivity index is 0.963. The Kier molecular flexibility index (Phi) is 9.29. The van der Waals surface area contributed by atoms with E-state index in [9.17, 15) is 0 Å². The third-order valence-electron chi connectivity index (χ3n) is 13.3. The van der Waals surface area contributed by atoms with E-state index in [-0.39, 0.29) is 12.3 Å². The molecule has 3 heterocycles. The highest BCUT2D eigenvalue weighted by molar-refractivity contribution is 6.20. The van der Waals surface area contributed by atoms with E-state index >= 15 is 0 Å². The average molecular weight is 862 g/mol. The highest BCUT2D eigenvalue weighted by atomic mass is 16.3. The summed E-state index contributed by atoms with van der Waals surface area (Å²) in [4.78, 5) is 7.85. The minimum atomic E-state index is -0.356. The highest BCUT2D eigenvalue weighted by Crippen LogP contribution is 2.45. The summed E-state index contributed by atoms with van der Waals surface area (Å²) >= 11 is 0. The number of aromatic nitrogens is 1. The first kappa shape index (κ1) is 38.7. The van der Waals surface area contributed by atoms with E-state index in [0.717, 1.165) is 72.8 Å².